The monoisotopic (exact) mass is 420 g/mol. The molecule has 0 aromatic heterocycles. The molecule has 0 atom stereocenters. The summed E-state index contributed by atoms with van der Waals surface area (Å²) in [6, 6.07) is 8.64. The van der Waals surface area contributed by atoms with Crippen molar-refractivity contribution in [3.63, 3.8) is 0 Å². The van der Waals surface area contributed by atoms with Crippen LogP contribution in [0.15, 0.2) is 45.3 Å². The lowest BCUT2D eigenvalue weighted by Crippen LogP contribution is -2.19. The second kappa shape index (κ2) is 6.56. The van der Waals surface area contributed by atoms with E-state index >= 15 is 0 Å². The van der Waals surface area contributed by atoms with Gasteiger partial charge in [0.15, 0.2) is 0 Å². The quantitative estimate of drug-likeness (QED) is 0.645. The van der Waals surface area contributed by atoms with Crippen molar-refractivity contribution in [1.29, 1.82) is 0 Å². The molecule has 0 saturated carbocycles. The Hall–Kier alpha value is -1.11. The number of carbonyl (C=O) groups excluding carboxylic acids is 1. The third kappa shape index (κ3) is 4.47. The van der Waals surface area contributed by atoms with Crippen LogP contribution in [0.2, 0.25) is 5.02 Å². The molecular formula is C13H8Br2ClFN2O. The number of urea groups is 1. The van der Waals surface area contributed by atoms with Gasteiger partial charge < -0.3 is 10.6 Å². The van der Waals surface area contributed by atoms with Gasteiger partial charge in [0.25, 0.3) is 0 Å². The van der Waals surface area contributed by atoms with Gasteiger partial charge in [-0.25, -0.2) is 9.18 Å². The van der Waals surface area contributed by atoms with E-state index in [1.807, 2.05) is 6.07 Å². The lowest BCUT2D eigenvalue weighted by atomic mass is 10.3. The zero-order valence-electron chi connectivity index (χ0n) is 9.88. The first kappa shape index (κ1) is 15.3. The summed E-state index contributed by atoms with van der Waals surface area (Å²) in [4.78, 5) is 11.8. The molecule has 2 aromatic carbocycles. The van der Waals surface area contributed by atoms with E-state index in [-0.39, 0.29) is 10.7 Å². The lowest BCUT2D eigenvalue weighted by molar-refractivity contribution is 0.262. The molecule has 2 N–H and O–H groups in total. The van der Waals surface area contributed by atoms with Crippen molar-refractivity contribution in [2.75, 3.05) is 10.6 Å². The smallest absolute Gasteiger partial charge is 0.308 e. The molecule has 0 radical (unpaired) electrons. The third-order valence-electron chi connectivity index (χ3n) is 2.24. The molecule has 0 bridgehead atoms. The molecule has 0 heterocycles. The Bertz CT molecular complexity index is 571. The van der Waals surface area contributed by atoms with Crippen molar-refractivity contribution in [3.8, 4) is 0 Å². The maximum absolute atomic E-state index is 13.1. The van der Waals surface area contributed by atoms with Gasteiger partial charge in [0.2, 0.25) is 0 Å². The van der Waals surface area contributed by atoms with Crippen molar-refractivity contribution in [2.45, 2.75) is 0 Å². The number of rotatable bonds is 2. The zero-order chi connectivity index (χ0) is 14.7. The molecule has 0 aliphatic carbocycles. The molecule has 104 valence electrons. The van der Waals surface area contributed by atoms with Crippen LogP contribution in [0.25, 0.3) is 0 Å². The van der Waals surface area contributed by atoms with Gasteiger partial charge in [0, 0.05) is 25.3 Å². The maximum Gasteiger partial charge on any atom is 0.323 e. The summed E-state index contributed by atoms with van der Waals surface area (Å²) in [5.41, 5.74) is 0.868. The second-order valence-electron chi connectivity index (χ2n) is 3.90. The predicted molar refractivity (Wildman–Crippen MR) is 85.9 cm³/mol. The Labute approximate surface area is 136 Å². The predicted octanol–water partition coefficient (Wildman–Crippen LogP) is 5.65. The van der Waals surface area contributed by atoms with Crippen LogP contribution in [-0.2, 0) is 0 Å². The Morgan fingerprint density at radius 1 is 0.950 bits per heavy atom. The molecule has 20 heavy (non-hydrogen) atoms. The zero-order valence-corrected chi connectivity index (χ0v) is 13.8. The van der Waals surface area contributed by atoms with Gasteiger partial charge in [0.05, 0.1) is 0 Å². The normalized spacial score (nSPS) is 10.2. The van der Waals surface area contributed by atoms with Crippen LogP contribution in [0.1, 0.15) is 0 Å². The highest BCUT2D eigenvalue weighted by molar-refractivity contribution is 9.11. The van der Waals surface area contributed by atoms with E-state index in [0.29, 0.717) is 5.69 Å². The third-order valence-corrected chi connectivity index (χ3v) is 3.37. The van der Waals surface area contributed by atoms with E-state index in [1.165, 1.54) is 12.1 Å². The van der Waals surface area contributed by atoms with Crippen LogP contribution in [0.4, 0.5) is 20.6 Å². The minimum Gasteiger partial charge on any atom is -0.308 e. The van der Waals surface area contributed by atoms with Crippen molar-refractivity contribution in [2.24, 2.45) is 0 Å². The summed E-state index contributed by atoms with van der Waals surface area (Å²) in [5.74, 6) is -0.516. The van der Waals surface area contributed by atoms with Crippen LogP contribution in [-0.4, -0.2) is 6.03 Å². The Balaban J connectivity index is 2.08. The van der Waals surface area contributed by atoms with E-state index in [9.17, 15) is 9.18 Å². The summed E-state index contributed by atoms with van der Waals surface area (Å²) in [5, 5.41) is 5.35. The molecule has 0 fully saturated rings. The number of nitrogens with one attached hydrogen (secondary N) is 2. The number of hydrogen-bond donors (Lipinski definition) is 2. The average molecular weight is 422 g/mol. The number of benzene rings is 2. The average Bonchev–Trinajstić information content (AvgIpc) is 2.24. The van der Waals surface area contributed by atoms with Crippen molar-refractivity contribution >= 4 is 60.9 Å². The number of amides is 2. The second-order valence-corrected chi connectivity index (χ2v) is 6.16. The van der Waals surface area contributed by atoms with Gasteiger partial charge >= 0.3 is 6.03 Å². The summed E-state index contributed by atoms with van der Waals surface area (Å²) in [6.07, 6.45) is 0. The highest BCUT2D eigenvalue weighted by atomic mass is 79.9. The fraction of sp³-hybridized carbons (Fsp3) is 0. The van der Waals surface area contributed by atoms with Gasteiger partial charge in [0.1, 0.15) is 5.82 Å². The molecule has 0 unspecified atom stereocenters. The molecule has 2 rings (SSSR count). The van der Waals surface area contributed by atoms with Crippen molar-refractivity contribution in [1.82, 2.24) is 0 Å². The SMILES string of the molecule is O=C(Nc1cc(F)cc(Cl)c1)Nc1cc(Br)cc(Br)c1. The number of anilines is 2. The van der Waals surface area contributed by atoms with Crippen LogP contribution in [0, 0.1) is 5.82 Å². The fourth-order valence-electron chi connectivity index (χ4n) is 1.55. The van der Waals surface area contributed by atoms with E-state index in [2.05, 4.69) is 42.5 Å². The maximum atomic E-state index is 13.1. The van der Waals surface area contributed by atoms with Crippen LogP contribution >= 0.6 is 43.5 Å². The lowest BCUT2D eigenvalue weighted by Gasteiger charge is -2.09. The van der Waals surface area contributed by atoms with Gasteiger partial charge in [-0.1, -0.05) is 43.5 Å². The van der Waals surface area contributed by atoms with Crippen molar-refractivity contribution in [3.05, 3.63) is 56.2 Å². The number of hydrogen-bond acceptors (Lipinski definition) is 1. The standard InChI is InChI=1S/C13H8Br2ClFN2O/c14-7-1-8(15)3-11(2-7)18-13(20)19-12-5-9(16)4-10(17)6-12/h1-6H,(H2,18,19,20). The van der Waals surface area contributed by atoms with Crippen LogP contribution < -0.4 is 10.6 Å². The van der Waals surface area contributed by atoms with Gasteiger partial charge in [-0.05, 0) is 36.4 Å². The molecule has 3 nitrogen and oxygen atoms in total. The minimum atomic E-state index is -0.516. The number of halogens is 4. The Morgan fingerprint density at radius 2 is 1.50 bits per heavy atom. The van der Waals surface area contributed by atoms with E-state index < -0.39 is 11.8 Å². The summed E-state index contributed by atoms with van der Waals surface area (Å²) in [7, 11) is 0. The van der Waals surface area contributed by atoms with Gasteiger partial charge in [-0.15, -0.1) is 0 Å². The summed E-state index contributed by atoms with van der Waals surface area (Å²) >= 11 is 12.4. The van der Waals surface area contributed by atoms with Gasteiger partial charge in [-0.2, -0.15) is 0 Å². The molecule has 7 heteroatoms. The fourth-order valence-corrected chi connectivity index (χ4v) is 3.06. The summed E-state index contributed by atoms with van der Waals surface area (Å²) in [6.45, 7) is 0. The van der Waals surface area contributed by atoms with E-state index in [0.717, 1.165) is 15.0 Å². The molecular weight excluding hydrogens is 414 g/mol. The first-order valence-corrected chi connectivity index (χ1v) is 7.39. The molecule has 0 spiro atoms. The first-order chi connectivity index (χ1) is 9.42. The molecule has 0 aliphatic heterocycles. The molecule has 2 aromatic rings. The first-order valence-electron chi connectivity index (χ1n) is 5.42. The van der Waals surface area contributed by atoms with Crippen LogP contribution in [0.5, 0.6) is 0 Å². The highest BCUT2D eigenvalue weighted by Crippen LogP contribution is 2.24. The minimum absolute atomic E-state index is 0.213. The largest absolute Gasteiger partial charge is 0.323 e. The van der Waals surface area contributed by atoms with Crippen molar-refractivity contribution < 1.29 is 9.18 Å². The van der Waals surface area contributed by atoms with E-state index in [4.69, 9.17) is 11.6 Å². The number of carbonyl (C=O) groups is 1. The molecule has 0 aliphatic rings. The van der Waals surface area contributed by atoms with Gasteiger partial charge in [-0.3, -0.25) is 0 Å². The summed E-state index contributed by atoms with van der Waals surface area (Å²) < 4.78 is 14.8. The van der Waals surface area contributed by atoms with Crippen LogP contribution in [0.3, 0.4) is 0 Å². The topological polar surface area (TPSA) is 41.1 Å². The molecule has 0 saturated heterocycles. The highest BCUT2D eigenvalue weighted by Gasteiger charge is 2.06. The Morgan fingerprint density at radius 3 is 2.05 bits per heavy atom. The molecule has 2 amide bonds. The van der Waals surface area contributed by atoms with E-state index in [1.54, 1.807) is 12.1 Å². The Kier molecular flexibility index (Phi) is 5.01.